The van der Waals surface area contributed by atoms with Crippen LogP contribution in [0.4, 0.5) is 8.78 Å². The van der Waals surface area contributed by atoms with E-state index in [1.54, 1.807) is 14.0 Å². The van der Waals surface area contributed by atoms with Crippen LogP contribution < -0.4 is 5.73 Å². The van der Waals surface area contributed by atoms with Gasteiger partial charge in [0.05, 0.1) is 6.20 Å². The first-order valence-corrected chi connectivity index (χ1v) is 10.7. The van der Waals surface area contributed by atoms with Crippen molar-refractivity contribution in [1.29, 1.82) is 0 Å². The number of hydrogen-bond donors (Lipinski definition) is 1. The molecule has 2 aromatic rings. The maximum atomic E-state index is 13.9. The van der Waals surface area contributed by atoms with Gasteiger partial charge in [-0.05, 0) is 68.7 Å². The molecule has 0 radical (unpaired) electrons. The first-order valence-electron chi connectivity index (χ1n) is 9.29. The van der Waals surface area contributed by atoms with Crippen LogP contribution in [-0.2, 0) is 16.4 Å². The van der Waals surface area contributed by atoms with Gasteiger partial charge in [0, 0.05) is 19.1 Å². The van der Waals surface area contributed by atoms with Crippen LogP contribution in [0.2, 0.25) is 0 Å². The third-order valence-electron chi connectivity index (χ3n) is 5.69. The summed E-state index contributed by atoms with van der Waals surface area (Å²) in [5.41, 5.74) is 6.54. The third kappa shape index (κ3) is 4.26. The fourth-order valence-corrected chi connectivity index (χ4v) is 5.39. The summed E-state index contributed by atoms with van der Waals surface area (Å²) in [5, 5.41) is 3.55. The average Bonchev–Trinajstić information content (AvgIpc) is 3.11. The lowest BCUT2D eigenvalue weighted by Gasteiger charge is -2.36. The Labute approximate surface area is 163 Å². The van der Waals surface area contributed by atoms with Crippen molar-refractivity contribution < 1.29 is 21.7 Å². The second-order valence-corrected chi connectivity index (χ2v) is 9.41. The molecule has 1 aliphatic rings. The van der Waals surface area contributed by atoms with Crippen LogP contribution in [0.5, 0.6) is 0 Å². The largest absolute Gasteiger partial charge is 0.360 e. The molecule has 1 aliphatic carbocycles. The van der Waals surface area contributed by atoms with Gasteiger partial charge in [-0.25, -0.2) is 17.2 Å². The van der Waals surface area contributed by atoms with Gasteiger partial charge in [-0.2, -0.15) is 4.31 Å². The highest BCUT2D eigenvalue weighted by Crippen LogP contribution is 2.32. The van der Waals surface area contributed by atoms with Crippen LogP contribution >= 0.6 is 0 Å². The number of rotatable bonds is 6. The summed E-state index contributed by atoms with van der Waals surface area (Å²) >= 11 is 0. The van der Waals surface area contributed by atoms with Gasteiger partial charge in [0.15, 0.2) is 5.76 Å². The molecule has 0 unspecified atom stereocenters. The zero-order valence-corrected chi connectivity index (χ0v) is 16.8. The topological polar surface area (TPSA) is 89.4 Å². The molecule has 0 spiro atoms. The summed E-state index contributed by atoms with van der Waals surface area (Å²) in [5.74, 6) is -0.546. The molecule has 154 valence electrons. The molecule has 6 nitrogen and oxygen atoms in total. The quantitative estimate of drug-likeness (QED) is 0.786. The monoisotopic (exact) mass is 413 g/mol. The van der Waals surface area contributed by atoms with Crippen LogP contribution in [0.3, 0.4) is 0 Å². The van der Waals surface area contributed by atoms with E-state index in [-0.39, 0.29) is 40.6 Å². The van der Waals surface area contributed by atoms with Gasteiger partial charge in [-0.15, -0.1) is 0 Å². The highest BCUT2D eigenvalue weighted by molar-refractivity contribution is 7.89. The van der Waals surface area contributed by atoms with Gasteiger partial charge < -0.3 is 10.3 Å². The Bertz CT molecular complexity index is 924. The predicted molar refractivity (Wildman–Crippen MR) is 100.0 cm³/mol. The van der Waals surface area contributed by atoms with Crippen LogP contribution in [0.15, 0.2) is 33.8 Å². The fraction of sp³-hybridized carbons (Fsp3) is 0.526. The molecule has 28 heavy (non-hydrogen) atoms. The lowest BCUT2D eigenvalue weighted by molar-refractivity contribution is 0.214. The Morgan fingerprint density at radius 2 is 1.96 bits per heavy atom. The molecule has 3 rings (SSSR count). The smallest absolute Gasteiger partial charge is 0.248 e. The maximum absolute atomic E-state index is 13.9. The molecule has 1 aromatic heterocycles. The molecular formula is C19H25F2N3O3S. The summed E-state index contributed by atoms with van der Waals surface area (Å²) < 4.78 is 59.0. The van der Waals surface area contributed by atoms with Crippen molar-refractivity contribution in [3.05, 3.63) is 47.4 Å². The highest BCUT2D eigenvalue weighted by Gasteiger charge is 2.35. The lowest BCUT2D eigenvalue weighted by Crippen LogP contribution is -2.42. The Morgan fingerprint density at radius 3 is 2.57 bits per heavy atom. The first-order chi connectivity index (χ1) is 13.2. The normalized spacial score (nSPS) is 21.8. The average molecular weight is 413 g/mol. The molecule has 1 atom stereocenters. The van der Waals surface area contributed by atoms with Crippen molar-refractivity contribution in [2.75, 3.05) is 7.05 Å². The molecule has 0 saturated heterocycles. The number of halogens is 2. The fourth-order valence-electron chi connectivity index (χ4n) is 3.90. The van der Waals surface area contributed by atoms with Gasteiger partial charge in [0.25, 0.3) is 0 Å². The van der Waals surface area contributed by atoms with Crippen LogP contribution in [0, 0.1) is 24.5 Å². The second kappa shape index (κ2) is 8.26. The van der Waals surface area contributed by atoms with Crippen molar-refractivity contribution in [3.63, 3.8) is 0 Å². The number of nitrogens with two attached hydrogens (primary N) is 1. The van der Waals surface area contributed by atoms with Gasteiger partial charge in [-0.3, -0.25) is 0 Å². The van der Waals surface area contributed by atoms with Crippen LogP contribution in [0.25, 0.3) is 0 Å². The third-order valence-corrected chi connectivity index (χ3v) is 7.69. The van der Waals surface area contributed by atoms with E-state index in [1.165, 1.54) is 16.6 Å². The van der Waals surface area contributed by atoms with E-state index in [1.807, 2.05) is 0 Å². The summed E-state index contributed by atoms with van der Waals surface area (Å²) in [7, 11) is -2.10. The number of aryl methyl sites for hydroxylation is 1. The molecule has 1 aromatic carbocycles. The van der Waals surface area contributed by atoms with E-state index < -0.39 is 21.7 Å². The summed E-state index contributed by atoms with van der Waals surface area (Å²) in [6.07, 6.45) is 4.24. The number of benzene rings is 1. The van der Waals surface area contributed by atoms with Gasteiger partial charge >= 0.3 is 0 Å². The lowest BCUT2D eigenvalue weighted by atomic mass is 9.80. The van der Waals surface area contributed by atoms with Crippen molar-refractivity contribution in [1.82, 2.24) is 9.46 Å². The van der Waals surface area contributed by atoms with Gasteiger partial charge in [0.2, 0.25) is 10.0 Å². The minimum atomic E-state index is -3.67. The van der Waals surface area contributed by atoms with Crippen molar-refractivity contribution in [2.45, 2.75) is 56.0 Å². The Morgan fingerprint density at radius 1 is 1.29 bits per heavy atom. The van der Waals surface area contributed by atoms with E-state index in [4.69, 9.17) is 10.3 Å². The van der Waals surface area contributed by atoms with E-state index in [9.17, 15) is 17.2 Å². The van der Waals surface area contributed by atoms with Crippen molar-refractivity contribution >= 4 is 10.0 Å². The Hall–Kier alpha value is -1.84. The second-order valence-electron chi connectivity index (χ2n) is 7.44. The molecule has 2 N–H and O–H groups in total. The zero-order chi connectivity index (χ0) is 20.5. The molecule has 0 aliphatic heterocycles. The number of nitrogens with zero attached hydrogens (tertiary/aromatic N) is 2. The van der Waals surface area contributed by atoms with Crippen molar-refractivity contribution in [2.24, 2.45) is 11.7 Å². The molecule has 1 fully saturated rings. The minimum Gasteiger partial charge on any atom is -0.360 e. The van der Waals surface area contributed by atoms with Gasteiger partial charge in [-0.1, -0.05) is 5.16 Å². The number of hydrogen-bond acceptors (Lipinski definition) is 5. The SMILES string of the molecule is Cc1oncc1S(=O)(=O)N(C)C1CCC([C@H](N)Cc2cc(F)ccc2F)CC1. The van der Waals surface area contributed by atoms with Crippen molar-refractivity contribution in [3.8, 4) is 0 Å². The minimum absolute atomic E-state index is 0.0791. The van der Waals surface area contributed by atoms with E-state index in [2.05, 4.69) is 5.16 Å². The van der Waals surface area contributed by atoms with Crippen LogP contribution in [-0.4, -0.2) is 37.0 Å². The number of aromatic nitrogens is 1. The summed E-state index contributed by atoms with van der Waals surface area (Å²) in [6, 6.07) is 2.93. The van der Waals surface area contributed by atoms with Gasteiger partial charge in [0.1, 0.15) is 16.5 Å². The molecule has 0 amide bonds. The molecule has 9 heteroatoms. The van der Waals surface area contributed by atoms with E-state index in [0.717, 1.165) is 25.0 Å². The molecule has 1 saturated carbocycles. The molecular weight excluding hydrogens is 388 g/mol. The predicted octanol–water partition coefficient (Wildman–Crippen LogP) is 3.01. The Balaban J connectivity index is 1.61. The van der Waals surface area contributed by atoms with Crippen LogP contribution in [0.1, 0.15) is 37.0 Å². The van der Waals surface area contributed by atoms with E-state index in [0.29, 0.717) is 12.8 Å². The highest BCUT2D eigenvalue weighted by atomic mass is 32.2. The molecule has 0 bridgehead atoms. The Kier molecular flexibility index (Phi) is 6.16. The standard InChI is InChI=1S/C19H25F2N3O3S/c1-12-19(11-23-27-12)28(25,26)24(2)16-6-3-13(4-7-16)18(22)10-14-9-15(20)5-8-17(14)21/h5,8-9,11,13,16,18H,3-4,6-7,10,22H2,1-2H3/t13?,16?,18-/m1/s1. The van der Waals surface area contributed by atoms with E-state index >= 15 is 0 Å². The number of sulfonamides is 1. The maximum Gasteiger partial charge on any atom is 0.248 e. The zero-order valence-electron chi connectivity index (χ0n) is 15.9. The summed E-state index contributed by atoms with van der Waals surface area (Å²) in [4.78, 5) is 0.0791. The first kappa shape index (κ1) is 20.9. The molecule has 1 heterocycles. The summed E-state index contributed by atoms with van der Waals surface area (Å²) in [6.45, 7) is 1.56.